The Kier molecular flexibility index (Phi) is 5.38. The lowest BCUT2D eigenvalue weighted by Crippen LogP contribution is -2.35. The van der Waals surface area contributed by atoms with Gasteiger partial charge in [0.1, 0.15) is 5.75 Å². The van der Waals surface area contributed by atoms with Gasteiger partial charge in [0.2, 0.25) is 0 Å². The highest BCUT2D eigenvalue weighted by Gasteiger charge is 2.31. The van der Waals surface area contributed by atoms with Gasteiger partial charge >= 0.3 is 6.36 Å². The third-order valence-corrected chi connectivity index (χ3v) is 2.94. The molecule has 0 heterocycles. The van der Waals surface area contributed by atoms with Crippen molar-refractivity contribution >= 4 is 0 Å². The summed E-state index contributed by atoms with van der Waals surface area (Å²) < 4.78 is 45.8. The molecule has 0 saturated heterocycles. The van der Waals surface area contributed by atoms with Crippen molar-refractivity contribution in [1.29, 1.82) is 0 Å². The van der Waals surface area contributed by atoms with Gasteiger partial charge in [-0.25, -0.2) is 0 Å². The zero-order chi connectivity index (χ0) is 15.4. The van der Waals surface area contributed by atoms with Crippen LogP contribution in [0.1, 0.15) is 31.9 Å². The summed E-state index contributed by atoms with van der Waals surface area (Å²) in [5.41, 5.74) is 2.72. The van der Waals surface area contributed by atoms with Gasteiger partial charge in [-0.05, 0) is 38.0 Å². The third kappa shape index (κ3) is 5.36. The molecule has 0 aliphatic heterocycles. The van der Waals surface area contributed by atoms with Gasteiger partial charge in [0.25, 0.3) is 0 Å². The minimum Gasteiger partial charge on any atom is -0.406 e. The Morgan fingerprint density at radius 1 is 1.30 bits per heavy atom. The summed E-state index contributed by atoms with van der Waals surface area (Å²) in [5, 5.41) is 0. The Balaban J connectivity index is 2.91. The number of alkyl halides is 3. The molecular formula is C13H19F3N2O2. The smallest absolute Gasteiger partial charge is 0.406 e. The van der Waals surface area contributed by atoms with Crippen LogP contribution in [0.4, 0.5) is 13.2 Å². The molecule has 1 unspecified atom stereocenters. The molecular weight excluding hydrogens is 273 g/mol. The molecule has 1 rings (SSSR count). The third-order valence-electron chi connectivity index (χ3n) is 2.94. The van der Waals surface area contributed by atoms with E-state index in [9.17, 15) is 13.2 Å². The van der Waals surface area contributed by atoms with Gasteiger partial charge in [0.15, 0.2) is 0 Å². The first kappa shape index (κ1) is 16.7. The number of rotatable bonds is 6. The number of ether oxygens (including phenoxy) is 2. The van der Waals surface area contributed by atoms with Crippen LogP contribution in [0.15, 0.2) is 24.3 Å². The summed E-state index contributed by atoms with van der Waals surface area (Å²) in [6.45, 7) is 3.74. The van der Waals surface area contributed by atoms with Crippen molar-refractivity contribution in [2.45, 2.75) is 38.3 Å². The predicted octanol–water partition coefficient (Wildman–Crippen LogP) is 2.90. The molecule has 0 saturated carbocycles. The molecule has 0 spiro atoms. The van der Waals surface area contributed by atoms with Gasteiger partial charge in [-0.2, -0.15) is 0 Å². The number of halogens is 3. The maximum absolute atomic E-state index is 12.2. The van der Waals surface area contributed by atoms with E-state index in [1.807, 2.05) is 13.8 Å². The van der Waals surface area contributed by atoms with E-state index < -0.39 is 12.0 Å². The standard InChI is InChI=1S/C13H19F3N2O2/c1-12(2,19-3)8-11(18-17)9-5-4-6-10(7-9)20-13(14,15)16/h4-7,11,18H,8,17H2,1-3H3. The SMILES string of the molecule is COC(C)(C)CC(NN)c1cccc(OC(F)(F)F)c1. The lowest BCUT2D eigenvalue weighted by molar-refractivity contribution is -0.274. The second-order valence-corrected chi connectivity index (χ2v) is 5.01. The van der Waals surface area contributed by atoms with Crippen LogP contribution in [-0.2, 0) is 4.74 Å². The van der Waals surface area contributed by atoms with Crippen molar-refractivity contribution in [2.75, 3.05) is 7.11 Å². The minimum atomic E-state index is -4.71. The zero-order valence-corrected chi connectivity index (χ0v) is 11.6. The van der Waals surface area contributed by atoms with Gasteiger partial charge < -0.3 is 9.47 Å². The second kappa shape index (κ2) is 6.43. The van der Waals surface area contributed by atoms with Crippen molar-refractivity contribution in [1.82, 2.24) is 5.43 Å². The Labute approximate surface area is 116 Å². The molecule has 0 aliphatic carbocycles. The molecule has 0 amide bonds. The lowest BCUT2D eigenvalue weighted by Gasteiger charge is -2.28. The van der Waals surface area contributed by atoms with Crippen LogP contribution in [0.3, 0.4) is 0 Å². The number of nitrogens with one attached hydrogen (secondary N) is 1. The quantitative estimate of drug-likeness (QED) is 0.625. The summed E-state index contributed by atoms with van der Waals surface area (Å²) in [6, 6.07) is 5.37. The summed E-state index contributed by atoms with van der Waals surface area (Å²) in [6.07, 6.45) is -4.22. The number of hydrogen-bond donors (Lipinski definition) is 2. The fourth-order valence-electron chi connectivity index (χ4n) is 1.78. The van der Waals surface area contributed by atoms with Crippen LogP contribution < -0.4 is 16.0 Å². The van der Waals surface area contributed by atoms with Gasteiger partial charge in [-0.15, -0.1) is 13.2 Å². The monoisotopic (exact) mass is 292 g/mol. The zero-order valence-electron chi connectivity index (χ0n) is 11.6. The van der Waals surface area contributed by atoms with Crippen LogP contribution in [0.25, 0.3) is 0 Å². The average Bonchev–Trinajstić information content (AvgIpc) is 2.34. The van der Waals surface area contributed by atoms with E-state index in [4.69, 9.17) is 10.6 Å². The fraction of sp³-hybridized carbons (Fsp3) is 0.538. The highest BCUT2D eigenvalue weighted by atomic mass is 19.4. The first-order valence-electron chi connectivity index (χ1n) is 6.04. The molecule has 0 aromatic heterocycles. The molecule has 0 fully saturated rings. The minimum absolute atomic E-state index is 0.273. The van der Waals surface area contributed by atoms with E-state index in [2.05, 4.69) is 10.2 Å². The average molecular weight is 292 g/mol. The van der Waals surface area contributed by atoms with Gasteiger partial charge in [0.05, 0.1) is 5.60 Å². The van der Waals surface area contributed by atoms with Crippen LogP contribution in [0.5, 0.6) is 5.75 Å². The van der Waals surface area contributed by atoms with E-state index in [0.29, 0.717) is 12.0 Å². The Morgan fingerprint density at radius 2 is 1.95 bits per heavy atom. The van der Waals surface area contributed by atoms with E-state index >= 15 is 0 Å². The van der Waals surface area contributed by atoms with Crippen molar-refractivity contribution in [2.24, 2.45) is 5.84 Å². The number of methoxy groups -OCH3 is 1. The summed E-state index contributed by atoms with van der Waals surface area (Å²) in [5.74, 6) is 5.20. The molecule has 0 aliphatic rings. The van der Waals surface area contributed by atoms with Crippen molar-refractivity contribution in [3.8, 4) is 5.75 Å². The van der Waals surface area contributed by atoms with E-state index in [1.165, 1.54) is 18.2 Å². The number of hydrazine groups is 1. The molecule has 4 nitrogen and oxygen atoms in total. The fourth-order valence-corrected chi connectivity index (χ4v) is 1.78. The van der Waals surface area contributed by atoms with Gasteiger partial charge in [-0.3, -0.25) is 11.3 Å². The molecule has 114 valence electrons. The normalized spacial score (nSPS) is 14.2. The summed E-state index contributed by atoms with van der Waals surface area (Å²) in [4.78, 5) is 0. The number of nitrogens with two attached hydrogens (primary N) is 1. The van der Waals surface area contributed by atoms with E-state index in [-0.39, 0.29) is 11.8 Å². The number of hydrogen-bond acceptors (Lipinski definition) is 4. The molecule has 20 heavy (non-hydrogen) atoms. The van der Waals surface area contributed by atoms with Crippen molar-refractivity contribution in [3.05, 3.63) is 29.8 Å². The van der Waals surface area contributed by atoms with Crippen molar-refractivity contribution < 1.29 is 22.6 Å². The highest BCUT2D eigenvalue weighted by molar-refractivity contribution is 5.31. The molecule has 1 atom stereocenters. The maximum atomic E-state index is 12.2. The van der Waals surface area contributed by atoms with Gasteiger partial charge in [-0.1, -0.05) is 12.1 Å². The largest absolute Gasteiger partial charge is 0.573 e. The molecule has 0 radical (unpaired) electrons. The first-order valence-corrected chi connectivity index (χ1v) is 6.04. The lowest BCUT2D eigenvalue weighted by atomic mass is 9.94. The molecule has 7 heteroatoms. The predicted molar refractivity (Wildman–Crippen MR) is 68.9 cm³/mol. The summed E-state index contributed by atoms with van der Waals surface area (Å²) >= 11 is 0. The summed E-state index contributed by atoms with van der Waals surface area (Å²) in [7, 11) is 1.57. The molecule has 1 aromatic rings. The Hall–Kier alpha value is -1.31. The Morgan fingerprint density at radius 3 is 2.45 bits per heavy atom. The molecule has 0 bridgehead atoms. The molecule has 1 aromatic carbocycles. The van der Waals surface area contributed by atoms with Crippen LogP contribution in [0.2, 0.25) is 0 Å². The van der Waals surface area contributed by atoms with E-state index in [0.717, 1.165) is 0 Å². The van der Waals surface area contributed by atoms with Crippen LogP contribution in [0, 0.1) is 0 Å². The number of benzene rings is 1. The maximum Gasteiger partial charge on any atom is 0.573 e. The van der Waals surface area contributed by atoms with Gasteiger partial charge in [0, 0.05) is 13.2 Å². The molecule has 3 N–H and O–H groups in total. The van der Waals surface area contributed by atoms with Crippen molar-refractivity contribution in [3.63, 3.8) is 0 Å². The topological polar surface area (TPSA) is 56.5 Å². The van der Waals surface area contributed by atoms with E-state index in [1.54, 1.807) is 13.2 Å². The second-order valence-electron chi connectivity index (χ2n) is 5.01. The Bertz CT molecular complexity index is 436. The highest BCUT2D eigenvalue weighted by Crippen LogP contribution is 2.29. The van der Waals surface area contributed by atoms with Crippen LogP contribution in [-0.4, -0.2) is 19.1 Å². The van der Waals surface area contributed by atoms with Crippen LogP contribution >= 0.6 is 0 Å². The first-order chi connectivity index (χ1) is 9.17.